The predicted molar refractivity (Wildman–Crippen MR) is 78.7 cm³/mol. The van der Waals surface area contributed by atoms with Crippen LogP contribution in [0, 0.1) is 5.92 Å². The zero-order valence-corrected chi connectivity index (χ0v) is 12.1. The molecule has 0 N–H and O–H groups in total. The molecule has 0 bridgehead atoms. The van der Waals surface area contributed by atoms with Crippen molar-refractivity contribution in [2.45, 2.75) is 32.1 Å². The van der Waals surface area contributed by atoms with Crippen LogP contribution in [0.2, 0.25) is 0 Å². The molecule has 0 aliphatic rings. The van der Waals surface area contributed by atoms with Gasteiger partial charge in [-0.15, -0.1) is 11.3 Å². The van der Waals surface area contributed by atoms with Crippen LogP contribution in [0.5, 0.6) is 0 Å². The molecule has 1 nitrogen and oxygen atoms in total. The Bertz CT molecular complexity index is 526. The molecule has 0 saturated carbocycles. The van der Waals surface area contributed by atoms with Crippen molar-refractivity contribution in [1.29, 1.82) is 0 Å². The van der Waals surface area contributed by atoms with Crippen molar-refractivity contribution in [3.8, 4) is 0 Å². The highest BCUT2D eigenvalue weighted by molar-refractivity contribution is 8.03. The van der Waals surface area contributed by atoms with Gasteiger partial charge in [0.1, 0.15) is 0 Å². The van der Waals surface area contributed by atoms with Crippen molar-refractivity contribution >= 4 is 33.3 Å². The van der Waals surface area contributed by atoms with Crippen LogP contribution < -0.4 is 0 Å². The molecule has 0 aromatic carbocycles. The van der Waals surface area contributed by atoms with E-state index in [1.807, 2.05) is 18.0 Å². The Morgan fingerprint density at radius 3 is 3.00 bits per heavy atom. The summed E-state index contributed by atoms with van der Waals surface area (Å²) in [4.78, 5) is 7.15. The van der Waals surface area contributed by atoms with Gasteiger partial charge in [0.2, 0.25) is 0 Å². The van der Waals surface area contributed by atoms with Crippen molar-refractivity contribution in [1.82, 2.24) is 4.98 Å². The molecule has 2 rings (SSSR count). The number of aromatic nitrogens is 1. The topological polar surface area (TPSA) is 12.9 Å². The molecule has 2 heterocycles. The first-order valence-corrected chi connectivity index (χ1v) is 7.61. The summed E-state index contributed by atoms with van der Waals surface area (Å²) in [5.41, 5.74) is 1.11. The molecule has 0 aliphatic heterocycles. The number of rotatable bonds is 4. The van der Waals surface area contributed by atoms with E-state index >= 15 is 0 Å². The Balaban J connectivity index is 2.31. The van der Waals surface area contributed by atoms with Crippen LogP contribution in [0.3, 0.4) is 0 Å². The summed E-state index contributed by atoms with van der Waals surface area (Å²) in [6.45, 7) is 6.67. The number of thiophene rings is 1. The molecule has 0 spiro atoms. The molecule has 0 amide bonds. The van der Waals surface area contributed by atoms with E-state index in [4.69, 9.17) is 0 Å². The van der Waals surface area contributed by atoms with Crippen LogP contribution in [-0.4, -0.2) is 4.98 Å². The SMILES string of the molecule is CC/C(=C\C(C)C)Sc1ccnc2ccsc12. The maximum Gasteiger partial charge on any atom is 0.0821 e. The second-order valence-corrected chi connectivity index (χ2v) is 6.36. The van der Waals surface area contributed by atoms with E-state index in [2.05, 4.69) is 49.3 Å². The average molecular weight is 263 g/mol. The maximum atomic E-state index is 4.37. The highest BCUT2D eigenvalue weighted by Gasteiger charge is 2.06. The lowest BCUT2D eigenvalue weighted by atomic mass is 10.2. The Labute approximate surface area is 111 Å². The van der Waals surface area contributed by atoms with Gasteiger partial charge in [-0.2, -0.15) is 0 Å². The highest BCUT2D eigenvalue weighted by atomic mass is 32.2. The summed E-state index contributed by atoms with van der Waals surface area (Å²) in [5.74, 6) is 0.609. The van der Waals surface area contributed by atoms with Crippen LogP contribution in [0.15, 0.2) is 39.6 Å². The first-order valence-electron chi connectivity index (χ1n) is 5.91. The van der Waals surface area contributed by atoms with Gasteiger partial charge in [0.15, 0.2) is 0 Å². The molecule has 2 aromatic heterocycles. The summed E-state index contributed by atoms with van der Waals surface area (Å²) in [7, 11) is 0. The van der Waals surface area contributed by atoms with Gasteiger partial charge < -0.3 is 0 Å². The van der Waals surface area contributed by atoms with Crippen molar-refractivity contribution in [2.75, 3.05) is 0 Å². The monoisotopic (exact) mass is 263 g/mol. The minimum Gasteiger partial charge on any atom is -0.255 e. The van der Waals surface area contributed by atoms with E-state index in [1.54, 1.807) is 11.3 Å². The summed E-state index contributed by atoms with van der Waals surface area (Å²) < 4.78 is 1.31. The van der Waals surface area contributed by atoms with Gasteiger partial charge in [-0.05, 0) is 34.8 Å². The number of pyridine rings is 1. The maximum absolute atomic E-state index is 4.37. The van der Waals surface area contributed by atoms with Gasteiger partial charge in [0, 0.05) is 11.1 Å². The molecule has 0 radical (unpaired) electrons. The van der Waals surface area contributed by atoms with Gasteiger partial charge in [-0.1, -0.05) is 38.6 Å². The minimum atomic E-state index is 0.609. The number of thioether (sulfide) groups is 1. The molecular formula is C14H17NS2. The summed E-state index contributed by atoms with van der Waals surface area (Å²) in [6.07, 6.45) is 5.35. The third-order valence-electron chi connectivity index (χ3n) is 2.42. The summed E-state index contributed by atoms with van der Waals surface area (Å²) in [5, 5.41) is 2.11. The fourth-order valence-corrected chi connectivity index (χ4v) is 3.79. The molecule has 2 aromatic rings. The van der Waals surface area contributed by atoms with Crippen LogP contribution in [0.1, 0.15) is 27.2 Å². The number of fused-ring (bicyclic) bond motifs is 1. The average Bonchev–Trinajstić information content (AvgIpc) is 2.76. The van der Waals surface area contributed by atoms with Gasteiger partial charge >= 0.3 is 0 Å². The van der Waals surface area contributed by atoms with Crippen molar-refractivity contribution in [3.63, 3.8) is 0 Å². The smallest absolute Gasteiger partial charge is 0.0821 e. The van der Waals surface area contributed by atoms with Crippen molar-refractivity contribution < 1.29 is 0 Å². The highest BCUT2D eigenvalue weighted by Crippen LogP contribution is 2.36. The lowest BCUT2D eigenvalue weighted by molar-refractivity contribution is 0.823. The molecule has 3 heteroatoms. The molecular weight excluding hydrogens is 246 g/mol. The Kier molecular flexibility index (Phi) is 4.24. The van der Waals surface area contributed by atoms with Crippen LogP contribution in [-0.2, 0) is 0 Å². The molecule has 0 fully saturated rings. The zero-order chi connectivity index (χ0) is 12.3. The largest absolute Gasteiger partial charge is 0.255 e. The quantitative estimate of drug-likeness (QED) is 0.691. The van der Waals surface area contributed by atoms with Gasteiger partial charge in [-0.25, -0.2) is 0 Å². The van der Waals surface area contributed by atoms with Crippen LogP contribution in [0.25, 0.3) is 10.2 Å². The molecule has 0 saturated heterocycles. The van der Waals surface area contributed by atoms with E-state index in [0.29, 0.717) is 5.92 Å². The minimum absolute atomic E-state index is 0.609. The third-order valence-corrected chi connectivity index (χ3v) is 4.73. The number of allylic oxidation sites excluding steroid dienone is 2. The van der Waals surface area contributed by atoms with Gasteiger partial charge in [0.25, 0.3) is 0 Å². The number of hydrogen-bond acceptors (Lipinski definition) is 3. The normalized spacial score (nSPS) is 12.6. The number of hydrogen-bond donors (Lipinski definition) is 0. The fourth-order valence-electron chi connectivity index (χ4n) is 1.67. The van der Waals surface area contributed by atoms with Crippen molar-refractivity contribution in [3.05, 3.63) is 34.7 Å². The van der Waals surface area contributed by atoms with Crippen LogP contribution in [0.4, 0.5) is 0 Å². The second-order valence-electron chi connectivity index (χ2n) is 4.28. The molecule has 0 aliphatic carbocycles. The van der Waals surface area contributed by atoms with Crippen LogP contribution >= 0.6 is 23.1 Å². The van der Waals surface area contributed by atoms with E-state index in [9.17, 15) is 0 Å². The van der Waals surface area contributed by atoms with E-state index in [-0.39, 0.29) is 0 Å². The van der Waals surface area contributed by atoms with E-state index in [1.165, 1.54) is 14.5 Å². The molecule has 17 heavy (non-hydrogen) atoms. The first-order chi connectivity index (χ1) is 8.20. The molecule has 90 valence electrons. The van der Waals surface area contributed by atoms with E-state index in [0.717, 1.165) is 11.9 Å². The van der Waals surface area contributed by atoms with E-state index < -0.39 is 0 Å². The van der Waals surface area contributed by atoms with Crippen molar-refractivity contribution in [2.24, 2.45) is 5.92 Å². The second kappa shape index (κ2) is 5.69. The van der Waals surface area contributed by atoms with Gasteiger partial charge in [-0.3, -0.25) is 4.98 Å². The standard InChI is InChI=1S/C14H17NS2/c1-4-11(9-10(2)3)17-13-5-7-15-12-6-8-16-14(12)13/h5-10H,4H2,1-3H3/b11-9+. The summed E-state index contributed by atoms with van der Waals surface area (Å²) >= 11 is 3.66. The Morgan fingerprint density at radius 2 is 2.29 bits per heavy atom. The third kappa shape index (κ3) is 3.11. The first kappa shape index (κ1) is 12.7. The zero-order valence-electron chi connectivity index (χ0n) is 10.4. The summed E-state index contributed by atoms with van der Waals surface area (Å²) in [6, 6.07) is 4.20. The fraction of sp³-hybridized carbons (Fsp3) is 0.357. The predicted octanol–water partition coefficient (Wildman–Crippen LogP) is 5.34. The molecule has 0 unspecified atom stereocenters. The van der Waals surface area contributed by atoms with Gasteiger partial charge in [0.05, 0.1) is 10.2 Å². The Morgan fingerprint density at radius 1 is 1.47 bits per heavy atom. The Hall–Kier alpha value is -0.800. The lowest BCUT2D eigenvalue weighted by Gasteiger charge is -2.07. The lowest BCUT2D eigenvalue weighted by Crippen LogP contribution is -1.84. The number of nitrogens with zero attached hydrogens (tertiary/aromatic N) is 1. The molecule has 0 atom stereocenters.